The van der Waals surface area contributed by atoms with Gasteiger partial charge in [0.15, 0.2) is 0 Å². The van der Waals surface area contributed by atoms with Gasteiger partial charge in [-0.1, -0.05) is 80.6 Å². The second kappa shape index (κ2) is 5.47. The van der Waals surface area contributed by atoms with Crippen LogP contribution in [0.3, 0.4) is 0 Å². The van der Waals surface area contributed by atoms with E-state index in [1.807, 2.05) is 0 Å². The summed E-state index contributed by atoms with van der Waals surface area (Å²) in [6.45, 7) is 4.64. The molecular formula is C25H21N. The van der Waals surface area contributed by atoms with Gasteiger partial charge in [-0.2, -0.15) is 0 Å². The molecule has 0 saturated carbocycles. The number of para-hydroxylation sites is 2. The van der Waals surface area contributed by atoms with Gasteiger partial charge in [-0.05, 0) is 46.2 Å². The molecule has 4 aromatic rings. The van der Waals surface area contributed by atoms with E-state index in [2.05, 4.69) is 110 Å². The van der Waals surface area contributed by atoms with E-state index in [0.29, 0.717) is 0 Å². The minimum Gasteiger partial charge on any atom is -0.310 e. The Morgan fingerprint density at radius 2 is 1.12 bits per heavy atom. The molecule has 0 N–H and O–H groups in total. The first kappa shape index (κ1) is 15.2. The fourth-order valence-corrected chi connectivity index (χ4v) is 4.26. The molecule has 0 saturated heterocycles. The SMILES string of the molecule is CC1(C)c2ccccc2N(c2ccc3ccccc3c2)c2ccccc21. The summed E-state index contributed by atoms with van der Waals surface area (Å²) in [7, 11) is 0. The highest BCUT2D eigenvalue weighted by atomic mass is 15.2. The molecule has 4 aromatic carbocycles. The zero-order valence-corrected chi connectivity index (χ0v) is 15.1. The third-order valence-corrected chi connectivity index (χ3v) is 5.63. The number of anilines is 3. The second-order valence-corrected chi connectivity index (χ2v) is 7.53. The van der Waals surface area contributed by atoms with Crippen molar-refractivity contribution in [3.8, 4) is 0 Å². The van der Waals surface area contributed by atoms with Crippen molar-refractivity contribution in [3.05, 3.63) is 102 Å². The third-order valence-electron chi connectivity index (χ3n) is 5.63. The third kappa shape index (κ3) is 2.10. The average molecular weight is 335 g/mol. The van der Waals surface area contributed by atoms with Gasteiger partial charge in [0.25, 0.3) is 0 Å². The largest absolute Gasteiger partial charge is 0.310 e. The van der Waals surface area contributed by atoms with E-state index >= 15 is 0 Å². The molecule has 0 unspecified atom stereocenters. The first-order valence-corrected chi connectivity index (χ1v) is 9.14. The number of hydrogen-bond acceptors (Lipinski definition) is 1. The summed E-state index contributed by atoms with van der Waals surface area (Å²) in [5.41, 5.74) is 6.47. The first-order valence-electron chi connectivity index (χ1n) is 9.14. The van der Waals surface area contributed by atoms with Gasteiger partial charge in [-0.15, -0.1) is 0 Å². The van der Waals surface area contributed by atoms with Crippen molar-refractivity contribution >= 4 is 27.8 Å². The van der Waals surface area contributed by atoms with Gasteiger partial charge in [0.2, 0.25) is 0 Å². The van der Waals surface area contributed by atoms with E-state index in [0.717, 1.165) is 0 Å². The summed E-state index contributed by atoms with van der Waals surface area (Å²) in [5.74, 6) is 0. The van der Waals surface area contributed by atoms with Crippen LogP contribution >= 0.6 is 0 Å². The van der Waals surface area contributed by atoms with Gasteiger partial charge in [0.1, 0.15) is 0 Å². The van der Waals surface area contributed by atoms with Crippen LogP contribution in [-0.4, -0.2) is 0 Å². The van der Waals surface area contributed by atoms with Crippen LogP contribution in [0.15, 0.2) is 91.0 Å². The smallest absolute Gasteiger partial charge is 0.0502 e. The number of rotatable bonds is 1. The monoisotopic (exact) mass is 335 g/mol. The van der Waals surface area contributed by atoms with Gasteiger partial charge in [0, 0.05) is 11.1 Å². The van der Waals surface area contributed by atoms with Gasteiger partial charge in [-0.25, -0.2) is 0 Å². The summed E-state index contributed by atoms with van der Waals surface area (Å²) in [6, 6.07) is 32.9. The van der Waals surface area contributed by atoms with Crippen LogP contribution in [0, 0.1) is 0 Å². The molecule has 26 heavy (non-hydrogen) atoms. The maximum Gasteiger partial charge on any atom is 0.0502 e. The van der Waals surface area contributed by atoms with E-state index in [1.54, 1.807) is 0 Å². The molecule has 5 rings (SSSR count). The van der Waals surface area contributed by atoms with Gasteiger partial charge in [-0.3, -0.25) is 0 Å². The van der Waals surface area contributed by atoms with Crippen LogP contribution in [0.5, 0.6) is 0 Å². The number of fused-ring (bicyclic) bond motifs is 3. The van der Waals surface area contributed by atoms with E-state index < -0.39 is 0 Å². The molecule has 0 spiro atoms. The Labute approximate surface area is 154 Å². The molecule has 0 atom stereocenters. The molecule has 1 nitrogen and oxygen atoms in total. The summed E-state index contributed by atoms with van der Waals surface area (Å²) >= 11 is 0. The zero-order chi connectivity index (χ0) is 17.7. The summed E-state index contributed by atoms with van der Waals surface area (Å²) in [4.78, 5) is 2.41. The Balaban J connectivity index is 1.81. The molecule has 1 aliphatic rings. The predicted octanol–water partition coefficient (Wildman–Crippen LogP) is 6.95. The van der Waals surface area contributed by atoms with Crippen molar-refractivity contribution < 1.29 is 0 Å². The van der Waals surface area contributed by atoms with Crippen LogP contribution in [0.4, 0.5) is 17.1 Å². The van der Waals surface area contributed by atoms with E-state index in [4.69, 9.17) is 0 Å². The average Bonchev–Trinajstić information content (AvgIpc) is 2.68. The van der Waals surface area contributed by atoms with E-state index in [-0.39, 0.29) is 5.41 Å². The molecule has 0 fully saturated rings. The Bertz CT molecular complexity index is 1070. The van der Waals surface area contributed by atoms with Crippen LogP contribution in [0.25, 0.3) is 10.8 Å². The van der Waals surface area contributed by atoms with Crippen molar-refractivity contribution in [2.75, 3.05) is 4.90 Å². The van der Waals surface area contributed by atoms with Crippen molar-refractivity contribution in [2.24, 2.45) is 0 Å². The van der Waals surface area contributed by atoms with Crippen LogP contribution in [0.1, 0.15) is 25.0 Å². The summed E-state index contributed by atoms with van der Waals surface area (Å²) in [6.07, 6.45) is 0. The molecule has 1 heterocycles. The highest BCUT2D eigenvalue weighted by Gasteiger charge is 2.36. The highest BCUT2D eigenvalue weighted by Crippen LogP contribution is 2.51. The number of hydrogen-bond donors (Lipinski definition) is 0. The van der Waals surface area contributed by atoms with E-state index in [1.165, 1.54) is 39.0 Å². The summed E-state index contributed by atoms with van der Waals surface area (Å²) in [5, 5.41) is 2.54. The Morgan fingerprint density at radius 3 is 1.77 bits per heavy atom. The van der Waals surface area contributed by atoms with Crippen LogP contribution in [-0.2, 0) is 5.41 Å². The van der Waals surface area contributed by atoms with Crippen molar-refractivity contribution in [1.29, 1.82) is 0 Å². The molecular weight excluding hydrogens is 314 g/mol. The maximum atomic E-state index is 2.41. The first-order chi connectivity index (χ1) is 12.7. The topological polar surface area (TPSA) is 3.24 Å². The minimum absolute atomic E-state index is 0.0134. The Morgan fingerprint density at radius 1 is 0.577 bits per heavy atom. The Hall–Kier alpha value is -3.06. The predicted molar refractivity (Wildman–Crippen MR) is 111 cm³/mol. The molecule has 0 radical (unpaired) electrons. The Kier molecular flexibility index (Phi) is 3.20. The molecule has 126 valence electrons. The van der Waals surface area contributed by atoms with Gasteiger partial charge < -0.3 is 4.90 Å². The second-order valence-electron chi connectivity index (χ2n) is 7.53. The molecule has 0 aliphatic carbocycles. The van der Waals surface area contributed by atoms with Gasteiger partial charge in [0.05, 0.1) is 11.4 Å². The number of benzene rings is 4. The molecule has 1 aliphatic heterocycles. The normalized spacial score (nSPS) is 14.8. The fourth-order valence-electron chi connectivity index (χ4n) is 4.26. The van der Waals surface area contributed by atoms with E-state index in [9.17, 15) is 0 Å². The van der Waals surface area contributed by atoms with Crippen molar-refractivity contribution in [1.82, 2.24) is 0 Å². The standard InChI is InChI=1S/C25H21N/c1-25(2)21-11-5-7-13-23(21)26(24-14-8-6-12-22(24)25)20-16-15-18-9-3-4-10-19(18)17-20/h3-17H,1-2H3. The van der Waals surface area contributed by atoms with Gasteiger partial charge >= 0.3 is 0 Å². The molecule has 1 heteroatoms. The fraction of sp³-hybridized carbons (Fsp3) is 0.120. The lowest BCUT2D eigenvalue weighted by atomic mass is 9.73. The van der Waals surface area contributed by atoms with Crippen molar-refractivity contribution in [3.63, 3.8) is 0 Å². The molecule has 0 bridgehead atoms. The van der Waals surface area contributed by atoms with Crippen LogP contribution < -0.4 is 4.90 Å². The molecule has 0 amide bonds. The zero-order valence-electron chi connectivity index (χ0n) is 15.1. The summed E-state index contributed by atoms with van der Waals surface area (Å²) < 4.78 is 0. The van der Waals surface area contributed by atoms with Crippen molar-refractivity contribution in [2.45, 2.75) is 19.3 Å². The number of nitrogens with zero attached hydrogens (tertiary/aromatic N) is 1. The molecule has 0 aromatic heterocycles. The maximum absolute atomic E-state index is 2.41. The lowest BCUT2D eigenvalue weighted by Gasteiger charge is -2.42. The highest BCUT2D eigenvalue weighted by molar-refractivity contribution is 5.91. The quantitative estimate of drug-likeness (QED) is 0.364. The van der Waals surface area contributed by atoms with Crippen LogP contribution in [0.2, 0.25) is 0 Å². The minimum atomic E-state index is -0.0134. The lowest BCUT2D eigenvalue weighted by Crippen LogP contribution is -2.30. The lowest BCUT2D eigenvalue weighted by molar-refractivity contribution is 0.632.